The first kappa shape index (κ1) is 22.2. The van der Waals surface area contributed by atoms with Crippen LogP contribution in [0.1, 0.15) is 36.5 Å². The zero-order valence-electron chi connectivity index (χ0n) is 17.5. The maximum absolute atomic E-state index is 12.2. The van der Waals surface area contributed by atoms with Gasteiger partial charge >= 0.3 is 0 Å². The smallest absolute Gasteiger partial charge is 0.224 e. The highest BCUT2D eigenvalue weighted by atomic mass is 32.2. The highest BCUT2D eigenvalue weighted by molar-refractivity contribution is 7.92. The fourth-order valence-electron chi connectivity index (χ4n) is 2.98. The van der Waals surface area contributed by atoms with Gasteiger partial charge in [-0.1, -0.05) is 12.1 Å². The van der Waals surface area contributed by atoms with Gasteiger partial charge in [0.1, 0.15) is 0 Å². The van der Waals surface area contributed by atoms with E-state index >= 15 is 0 Å². The maximum atomic E-state index is 12.2. The van der Waals surface area contributed by atoms with Gasteiger partial charge in [-0.25, -0.2) is 18.1 Å². The molecule has 9 heteroatoms. The zero-order chi connectivity index (χ0) is 21.9. The average molecular weight is 447 g/mol. The molecular formula is C21H26N4O3S2. The highest BCUT2D eigenvalue weighted by Crippen LogP contribution is 2.18. The maximum Gasteiger partial charge on any atom is 0.224 e. The molecule has 1 N–H and O–H groups in total. The van der Waals surface area contributed by atoms with Crippen LogP contribution >= 0.6 is 11.3 Å². The molecule has 1 amide bonds. The molecule has 0 aliphatic rings. The van der Waals surface area contributed by atoms with E-state index in [0.717, 1.165) is 27.8 Å². The van der Waals surface area contributed by atoms with Gasteiger partial charge in [0.15, 0.2) is 9.84 Å². The SMILES string of the molecule is Cc1cc(C)n(-c2nc(CCNC(=O)Cc3ccc(S(=O)(=O)C(C)C)cc3)cs2)n1. The van der Waals surface area contributed by atoms with Crippen molar-refractivity contribution >= 4 is 27.1 Å². The fourth-order valence-corrected chi connectivity index (χ4v) is 4.90. The predicted molar refractivity (Wildman–Crippen MR) is 118 cm³/mol. The minimum atomic E-state index is -3.30. The van der Waals surface area contributed by atoms with Crippen LogP contribution in [0.15, 0.2) is 40.6 Å². The number of sulfone groups is 1. The summed E-state index contributed by atoms with van der Waals surface area (Å²) < 4.78 is 26.2. The van der Waals surface area contributed by atoms with Gasteiger partial charge in [-0.2, -0.15) is 5.10 Å². The van der Waals surface area contributed by atoms with Gasteiger partial charge in [-0.05, 0) is 51.5 Å². The Bertz CT molecular complexity index is 1130. The van der Waals surface area contributed by atoms with Crippen molar-refractivity contribution in [3.63, 3.8) is 0 Å². The first-order valence-electron chi connectivity index (χ1n) is 9.74. The molecule has 7 nitrogen and oxygen atoms in total. The first-order valence-corrected chi connectivity index (χ1v) is 12.2. The van der Waals surface area contributed by atoms with Crippen LogP contribution in [0, 0.1) is 13.8 Å². The molecule has 0 atom stereocenters. The molecule has 30 heavy (non-hydrogen) atoms. The third-order valence-corrected chi connectivity index (χ3v) is 7.71. The van der Waals surface area contributed by atoms with Crippen molar-refractivity contribution in [1.82, 2.24) is 20.1 Å². The fraction of sp³-hybridized carbons (Fsp3) is 0.381. The van der Waals surface area contributed by atoms with E-state index in [1.807, 2.05) is 30.0 Å². The summed E-state index contributed by atoms with van der Waals surface area (Å²) in [6.45, 7) is 7.73. The number of hydrogen-bond donors (Lipinski definition) is 1. The number of carbonyl (C=O) groups is 1. The standard InChI is InChI=1S/C21H26N4O3S2/c1-14(2)30(27,28)19-7-5-17(6-8-19)12-20(26)22-10-9-18-13-29-21(23-18)25-16(4)11-15(3)24-25/h5-8,11,13-14H,9-10,12H2,1-4H3,(H,22,26). The molecule has 0 saturated heterocycles. The lowest BCUT2D eigenvalue weighted by Gasteiger charge is -2.09. The number of thiazole rings is 1. The summed E-state index contributed by atoms with van der Waals surface area (Å²) in [5, 5.41) is 9.65. The van der Waals surface area contributed by atoms with E-state index in [1.165, 1.54) is 11.3 Å². The predicted octanol–water partition coefficient (Wildman–Crippen LogP) is 3.03. The molecule has 0 saturated carbocycles. The Labute approximate surface area is 181 Å². The number of nitrogens with one attached hydrogen (secondary N) is 1. The van der Waals surface area contributed by atoms with Crippen molar-refractivity contribution in [3.05, 3.63) is 58.4 Å². The molecule has 0 aliphatic heterocycles. The monoisotopic (exact) mass is 446 g/mol. The quantitative estimate of drug-likeness (QED) is 0.574. The lowest BCUT2D eigenvalue weighted by atomic mass is 10.1. The minimum Gasteiger partial charge on any atom is -0.355 e. The second-order valence-corrected chi connectivity index (χ2v) is 10.8. The normalized spacial score (nSPS) is 11.8. The van der Waals surface area contributed by atoms with E-state index < -0.39 is 15.1 Å². The molecule has 2 heterocycles. The van der Waals surface area contributed by atoms with Gasteiger partial charge in [0.25, 0.3) is 0 Å². The van der Waals surface area contributed by atoms with E-state index in [2.05, 4.69) is 15.4 Å². The van der Waals surface area contributed by atoms with E-state index in [0.29, 0.717) is 13.0 Å². The molecule has 1 aromatic carbocycles. The van der Waals surface area contributed by atoms with E-state index in [9.17, 15) is 13.2 Å². The number of benzene rings is 1. The summed E-state index contributed by atoms with van der Waals surface area (Å²) in [6, 6.07) is 8.51. The molecule has 0 aliphatic carbocycles. The van der Waals surface area contributed by atoms with Crippen LogP contribution in [-0.2, 0) is 27.5 Å². The summed E-state index contributed by atoms with van der Waals surface area (Å²) in [7, 11) is -3.30. The summed E-state index contributed by atoms with van der Waals surface area (Å²) in [5.74, 6) is -0.108. The zero-order valence-corrected chi connectivity index (χ0v) is 19.2. The van der Waals surface area contributed by atoms with Crippen molar-refractivity contribution in [3.8, 4) is 5.13 Å². The van der Waals surface area contributed by atoms with Crippen molar-refractivity contribution in [2.24, 2.45) is 0 Å². The third kappa shape index (κ3) is 5.14. The molecule has 3 rings (SSSR count). The highest BCUT2D eigenvalue weighted by Gasteiger charge is 2.18. The third-order valence-electron chi connectivity index (χ3n) is 4.67. The van der Waals surface area contributed by atoms with Gasteiger partial charge in [0, 0.05) is 24.0 Å². The van der Waals surface area contributed by atoms with Crippen LogP contribution < -0.4 is 5.32 Å². The molecule has 2 aromatic heterocycles. The van der Waals surface area contributed by atoms with Crippen molar-refractivity contribution in [2.75, 3.05) is 6.54 Å². The van der Waals surface area contributed by atoms with Gasteiger partial charge in [-0.15, -0.1) is 11.3 Å². The van der Waals surface area contributed by atoms with Gasteiger partial charge in [-0.3, -0.25) is 4.79 Å². The van der Waals surface area contributed by atoms with Gasteiger partial charge < -0.3 is 5.32 Å². The lowest BCUT2D eigenvalue weighted by Crippen LogP contribution is -2.27. The number of rotatable bonds is 8. The first-order chi connectivity index (χ1) is 14.2. The van der Waals surface area contributed by atoms with E-state index in [1.54, 1.807) is 38.1 Å². The van der Waals surface area contributed by atoms with Crippen LogP contribution in [0.4, 0.5) is 0 Å². The van der Waals surface area contributed by atoms with Crippen LogP contribution in [0.3, 0.4) is 0 Å². The number of aryl methyl sites for hydroxylation is 2. The Morgan fingerprint density at radius 3 is 2.50 bits per heavy atom. The van der Waals surface area contributed by atoms with Crippen molar-refractivity contribution in [1.29, 1.82) is 0 Å². The van der Waals surface area contributed by atoms with Crippen LogP contribution in [0.2, 0.25) is 0 Å². The van der Waals surface area contributed by atoms with Crippen LogP contribution in [0.25, 0.3) is 5.13 Å². The van der Waals surface area contributed by atoms with Gasteiger partial charge in [0.2, 0.25) is 11.0 Å². The molecule has 3 aromatic rings. The molecule has 0 radical (unpaired) electrons. The Kier molecular flexibility index (Phi) is 6.72. The summed E-state index contributed by atoms with van der Waals surface area (Å²) in [5.41, 5.74) is 3.67. The topological polar surface area (TPSA) is 94.0 Å². The molecule has 0 bridgehead atoms. The summed E-state index contributed by atoms with van der Waals surface area (Å²) in [6.07, 6.45) is 0.836. The second kappa shape index (κ2) is 9.09. The largest absolute Gasteiger partial charge is 0.355 e. The van der Waals surface area contributed by atoms with E-state index in [-0.39, 0.29) is 17.2 Å². The second-order valence-electron chi connectivity index (χ2n) is 7.47. The minimum absolute atomic E-state index is 0.108. The molecule has 160 valence electrons. The molecule has 0 spiro atoms. The Balaban J connectivity index is 1.50. The van der Waals surface area contributed by atoms with Crippen LogP contribution in [0.5, 0.6) is 0 Å². The Morgan fingerprint density at radius 2 is 1.90 bits per heavy atom. The van der Waals surface area contributed by atoms with Crippen molar-refractivity contribution < 1.29 is 13.2 Å². The summed E-state index contributed by atoms with van der Waals surface area (Å²) in [4.78, 5) is 17.1. The average Bonchev–Trinajstić information content (AvgIpc) is 3.27. The Hall–Kier alpha value is -2.52. The number of nitrogens with zero attached hydrogens (tertiary/aromatic N) is 3. The van der Waals surface area contributed by atoms with Crippen LogP contribution in [-0.4, -0.2) is 40.9 Å². The molecule has 0 unspecified atom stereocenters. The summed E-state index contributed by atoms with van der Waals surface area (Å²) >= 11 is 1.52. The number of amides is 1. The van der Waals surface area contributed by atoms with E-state index in [4.69, 9.17) is 0 Å². The molecule has 0 fully saturated rings. The number of carbonyl (C=O) groups excluding carboxylic acids is 1. The number of hydrogen-bond acceptors (Lipinski definition) is 6. The number of aromatic nitrogens is 3. The van der Waals surface area contributed by atoms with Crippen molar-refractivity contribution in [2.45, 2.75) is 50.7 Å². The molecular weight excluding hydrogens is 420 g/mol. The Morgan fingerprint density at radius 1 is 1.20 bits per heavy atom. The lowest BCUT2D eigenvalue weighted by molar-refractivity contribution is -0.120. The van der Waals surface area contributed by atoms with Gasteiger partial charge in [0.05, 0.1) is 28.0 Å².